The van der Waals surface area contributed by atoms with E-state index < -0.39 is 0 Å². The molecule has 0 aromatic carbocycles. The van der Waals surface area contributed by atoms with Crippen molar-refractivity contribution in [2.75, 3.05) is 44.9 Å². The quantitative estimate of drug-likeness (QED) is 0.748. The first kappa shape index (κ1) is 14.7. The summed E-state index contributed by atoms with van der Waals surface area (Å²) in [7, 11) is 1.67. The van der Waals surface area contributed by atoms with Crippen molar-refractivity contribution >= 4 is 23.6 Å². The molecule has 108 valence electrons. The number of carbonyl (C=O) groups excluding carboxylic acids is 2. The van der Waals surface area contributed by atoms with Gasteiger partial charge in [0.05, 0.1) is 12.4 Å². The molecule has 2 fully saturated rings. The van der Waals surface area contributed by atoms with Crippen LogP contribution in [0, 0.1) is 5.41 Å². The average molecular weight is 286 g/mol. The van der Waals surface area contributed by atoms with Crippen molar-refractivity contribution < 1.29 is 14.3 Å². The Hall–Kier alpha value is -0.750. The molecule has 2 aliphatic heterocycles. The molecule has 19 heavy (non-hydrogen) atoms. The third-order valence-corrected chi connectivity index (χ3v) is 4.94. The number of piperidine rings is 1. The van der Waals surface area contributed by atoms with Crippen LogP contribution in [0.2, 0.25) is 0 Å². The van der Waals surface area contributed by atoms with E-state index in [0.717, 1.165) is 38.2 Å². The zero-order chi connectivity index (χ0) is 13.7. The Morgan fingerprint density at radius 3 is 2.79 bits per heavy atom. The molecular weight excluding hydrogens is 264 g/mol. The number of carbonyl (C=O) groups is 2. The standard InChI is InChI=1S/C13H22N2O3S/c1-18-6-7-19-9-12(17)15-4-2-13(3-5-15)8-11(16)14-10-13/h2-10H2,1H3,(H,14,16). The first-order chi connectivity index (χ1) is 9.15. The van der Waals surface area contributed by atoms with Crippen molar-refractivity contribution in [2.45, 2.75) is 19.3 Å². The van der Waals surface area contributed by atoms with Crippen LogP contribution in [-0.4, -0.2) is 61.6 Å². The van der Waals surface area contributed by atoms with E-state index in [4.69, 9.17) is 4.74 Å². The fourth-order valence-corrected chi connectivity index (χ4v) is 3.51. The molecule has 0 aliphatic carbocycles. The zero-order valence-corrected chi connectivity index (χ0v) is 12.3. The maximum Gasteiger partial charge on any atom is 0.232 e. The molecule has 1 N–H and O–H groups in total. The van der Waals surface area contributed by atoms with Gasteiger partial charge in [0.15, 0.2) is 0 Å². The Morgan fingerprint density at radius 2 is 2.21 bits per heavy atom. The normalized spacial score (nSPS) is 21.7. The third kappa shape index (κ3) is 3.86. The summed E-state index contributed by atoms with van der Waals surface area (Å²) >= 11 is 1.62. The van der Waals surface area contributed by atoms with E-state index in [1.165, 1.54) is 0 Å². The van der Waals surface area contributed by atoms with Gasteiger partial charge in [-0.1, -0.05) is 0 Å². The van der Waals surface area contributed by atoms with Crippen molar-refractivity contribution in [3.63, 3.8) is 0 Å². The molecule has 1 spiro atoms. The maximum atomic E-state index is 12.0. The van der Waals surface area contributed by atoms with Gasteiger partial charge < -0.3 is 15.0 Å². The second-order valence-electron chi connectivity index (χ2n) is 5.38. The Balaban J connectivity index is 1.70. The van der Waals surface area contributed by atoms with E-state index in [2.05, 4.69) is 5.32 Å². The lowest BCUT2D eigenvalue weighted by Crippen LogP contribution is -2.44. The number of ether oxygens (including phenoxy) is 1. The molecule has 0 atom stereocenters. The van der Waals surface area contributed by atoms with Crippen LogP contribution in [0.4, 0.5) is 0 Å². The minimum absolute atomic E-state index is 0.122. The zero-order valence-electron chi connectivity index (χ0n) is 11.4. The molecule has 0 bridgehead atoms. The summed E-state index contributed by atoms with van der Waals surface area (Å²) in [6.07, 6.45) is 2.53. The van der Waals surface area contributed by atoms with Crippen molar-refractivity contribution in [3.05, 3.63) is 0 Å². The molecule has 0 radical (unpaired) electrons. The Kier molecular flexibility index (Phi) is 5.10. The minimum Gasteiger partial charge on any atom is -0.384 e. The summed E-state index contributed by atoms with van der Waals surface area (Å²) in [6, 6.07) is 0. The summed E-state index contributed by atoms with van der Waals surface area (Å²) < 4.78 is 4.96. The lowest BCUT2D eigenvalue weighted by Gasteiger charge is -2.38. The molecule has 2 saturated heterocycles. The number of thioether (sulfide) groups is 1. The highest BCUT2D eigenvalue weighted by atomic mass is 32.2. The summed E-state index contributed by atoms with van der Waals surface area (Å²) in [6.45, 7) is 3.06. The van der Waals surface area contributed by atoms with Crippen molar-refractivity contribution in [3.8, 4) is 0 Å². The van der Waals surface area contributed by atoms with Crippen LogP contribution in [0.3, 0.4) is 0 Å². The van der Waals surface area contributed by atoms with Gasteiger partial charge in [-0.2, -0.15) is 0 Å². The molecular formula is C13H22N2O3S. The highest BCUT2D eigenvalue weighted by molar-refractivity contribution is 7.99. The molecule has 2 heterocycles. The predicted octanol–water partition coefficient (Wildman–Crippen LogP) is 0.495. The molecule has 2 rings (SSSR count). The molecule has 2 amide bonds. The second kappa shape index (κ2) is 6.61. The summed E-state index contributed by atoms with van der Waals surface area (Å²) in [5.74, 6) is 1.77. The van der Waals surface area contributed by atoms with Crippen molar-refractivity contribution in [1.29, 1.82) is 0 Å². The highest BCUT2D eigenvalue weighted by Gasteiger charge is 2.41. The van der Waals surface area contributed by atoms with E-state index in [9.17, 15) is 9.59 Å². The lowest BCUT2D eigenvalue weighted by atomic mass is 9.78. The average Bonchev–Trinajstić information content (AvgIpc) is 2.76. The molecule has 2 aliphatic rings. The Bertz CT molecular complexity index is 341. The maximum absolute atomic E-state index is 12.0. The first-order valence-corrected chi connectivity index (χ1v) is 7.92. The van der Waals surface area contributed by atoms with Gasteiger partial charge in [-0.15, -0.1) is 11.8 Å². The fourth-order valence-electron chi connectivity index (χ4n) is 2.73. The molecule has 0 saturated carbocycles. The van der Waals surface area contributed by atoms with Crippen LogP contribution in [0.25, 0.3) is 0 Å². The van der Waals surface area contributed by atoms with E-state index in [0.29, 0.717) is 18.8 Å². The lowest BCUT2D eigenvalue weighted by molar-refractivity contribution is -0.130. The predicted molar refractivity (Wildman–Crippen MR) is 75.1 cm³/mol. The first-order valence-electron chi connectivity index (χ1n) is 6.76. The third-order valence-electron chi connectivity index (χ3n) is 4.03. The molecule has 5 nitrogen and oxygen atoms in total. The largest absolute Gasteiger partial charge is 0.384 e. The van der Waals surface area contributed by atoms with E-state index in [-0.39, 0.29) is 17.2 Å². The van der Waals surface area contributed by atoms with Crippen LogP contribution < -0.4 is 5.32 Å². The number of rotatable bonds is 5. The van der Waals surface area contributed by atoms with Crippen LogP contribution in [0.15, 0.2) is 0 Å². The van der Waals surface area contributed by atoms with Crippen LogP contribution in [0.1, 0.15) is 19.3 Å². The van der Waals surface area contributed by atoms with Crippen molar-refractivity contribution in [1.82, 2.24) is 10.2 Å². The van der Waals surface area contributed by atoms with Crippen molar-refractivity contribution in [2.24, 2.45) is 5.41 Å². The molecule has 6 heteroatoms. The van der Waals surface area contributed by atoms with E-state index in [1.54, 1.807) is 18.9 Å². The SMILES string of the molecule is COCCSCC(=O)N1CCC2(CC1)CNC(=O)C2. The van der Waals surface area contributed by atoms with E-state index >= 15 is 0 Å². The number of hydrogen-bond donors (Lipinski definition) is 1. The monoisotopic (exact) mass is 286 g/mol. The summed E-state index contributed by atoms with van der Waals surface area (Å²) in [4.78, 5) is 25.3. The van der Waals surface area contributed by atoms with Crippen LogP contribution >= 0.6 is 11.8 Å². The molecule has 0 aromatic heterocycles. The summed E-state index contributed by atoms with van der Waals surface area (Å²) in [5.41, 5.74) is 0.122. The second-order valence-corrected chi connectivity index (χ2v) is 6.48. The smallest absolute Gasteiger partial charge is 0.232 e. The number of methoxy groups -OCH3 is 1. The van der Waals surface area contributed by atoms with Gasteiger partial charge in [-0.3, -0.25) is 9.59 Å². The fraction of sp³-hybridized carbons (Fsp3) is 0.846. The van der Waals surface area contributed by atoms with Gasteiger partial charge in [-0.05, 0) is 18.3 Å². The van der Waals surface area contributed by atoms with Crippen LogP contribution in [-0.2, 0) is 14.3 Å². The minimum atomic E-state index is 0.122. The number of likely N-dealkylation sites (tertiary alicyclic amines) is 1. The van der Waals surface area contributed by atoms with Gasteiger partial charge in [-0.25, -0.2) is 0 Å². The Labute approximate surface area is 118 Å². The number of nitrogens with one attached hydrogen (secondary N) is 1. The topological polar surface area (TPSA) is 58.6 Å². The number of amides is 2. The number of hydrogen-bond acceptors (Lipinski definition) is 4. The van der Waals surface area contributed by atoms with Crippen LogP contribution in [0.5, 0.6) is 0 Å². The highest BCUT2D eigenvalue weighted by Crippen LogP contribution is 2.37. The van der Waals surface area contributed by atoms with Gasteiger partial charge >= 0.3 is 0 Å². The summed E-state index contributed by atoms with van der Waals surface area (Å²) in [5, 5.41) is 2.91. The van der Waals surface area contributed by atoms with E-state index in [1.807, 2.05) is 4.90 Å². The Morgan fingerprint density at radius 1 is 1.47 bits per heavy atom. The number of nitrogens with zero attached hydrogens (tertiary/aromatic N) is 1. The van der Waals surface area contributed by atoms with Gasteiger partial charge in [0.25, 0.3) is 0 Å². The molecule has 0 unspecified atom stereocenters. The van der Waals surface area contributed by atoms with Gasteiger partial charge in [0.2, 0.25) is 11.8 Å². The van der Waals surface area contributed by atoms with Gasteiger partial charge in [0.1, 0.15) is 0 Å². The molecule has 0 aromatic rings. The van der Waals surface area contributed by atoms with Gasteiger partial charge in [0, 0.05) is 38.9 Å².